The third-order valence-corrected chi connectivity index (χ3v) is 4.95. The van der Waals surface area contributed by atoms with Crippen LogP contribution in [0.1, 0.15) is 11.1 Å². The monoisotopic (exact) mass is 359 g/mol. The van der Waals surface area contributed by atoms with E-state index in [-0.39, 0.29) is 5.82 Å². The van der Waals surface area contributed by atoms with Gasteiger partial charge in [-0.2, -0.15) is 0 Å². The van der Waals surface area contributed by atoms with Crippen LogP contribution in [0.5, 0.6) is 5.75 Å². The fraction of sp³-hybridized carbons (Fsp3) is 0.429. The predicted octanol–water partition coefficient (Wildman–Crippen LogP) is 1.59. The lowest BCUT2D eigenvalue weighted by atomic mass is 10.1. The van der Waals surface area contributed by atoms with Crippen molar-refractivity contribution in [2.45, 2.75) is 20.0 Å². The van der Waals surface area contributed by atoms with Gasteiger partial charge in [-0.3, -0.25) is 0 Å². The van der Waals surface area contributed by atoms with Gasteiger partial charge in [0, 0.05) is 5.69 Å². The van der Waals surface area contributed by atoms with E-state index in [0.717, 1.165) is 43.2 Å². The number of hydrogen-bond acceptors (Lipinski definition) is 3. The summed E-state index contributed by atoms with van der Waals surface area (Å²) in [4.78, 5) is 3.64. The quantitative estimate of drug-likeness (QED) is 0.823. The summed E-state index contributed by atoms with van der Waals surface area (Å²) >= 11 is 0. The van der Waals surface area contributed by atoms with Crippen molar-refractivity contribution in [3.63, 3.8) is 0 Å². The van der Waals surface area contributed by atoms with Gasteiger partial charge in [0.2, 0.25) is 0 Å². The topological polar surface area (TPSA) is 37.1 Å². The third kappa shape index (κ3) is 4.96. The van der Waals surface area contributed by atoms with Gasteiger partial charge in [-0.15, -0.1) is 0 Å². The first-order valence-electron chi connectivity index (χ1n) is 9.23. The predicted molar refractivity (Wildman–Crippen MR) is 102 cm³/mol. The van der Waals surface area contributed by atoms with E-state index in [1.807, 2.05) is 31.2 Å². The van der Waals surface area contributed by atoms with Gasteiger partial charge in [0.25, 0.3) is 0 Å². The van der Waals surface area contributed by atoms with Crippen LogP contribution in [0.25, 0.3) is 0 Å². The van der Waals surface area contributed by atoms with Crippen molar-refractivity contribution in [2.75, 3.05) is 44.2 Å². The van der Waals surface area contributed by atoms with Crippen LogP contribution in [0.4, 0.5) is 10.1 Å². The van der Waals surface area contributed by atoms with Crippen LogP contribution in [-0.2, 0) is 0 Å². The van der Waals surface area contributed by atoms with Crippen LogP contribution in [0.3, 0.4) is 0 Å². The van der Waals surface area contributed by atoms with Crippen LogP contribution in [0.15, 0.2) is 42.5 Å². The number of ether oxygens (including phenoxy) is 1. The molecule has 0 saturated carbocycles. The van der Waals surface area contributed by atoms with Gasteiger partial charge in [-0.25, -0.2) is 4.39 Å². The lowest BCUT2D eigenvalue weighted by Gasteiger charge is -2.34. The molecular weight excluding hydrogens is 331 g/mol. The zero-order valence-corrected chi connectivity index (χ0v) is 15.5. The molecule has 3 rings (SSSR count). The number of aryl methyl sites for hydroxylation is 2. The Morgan fingerprint density at radius 1 is 1.12 bits per heavy atom. The first kappa shape index (κ1) is 18.7. The lowest BCUT2D eigenvalue weighted by Crippen LogP contribution is -3.16. The molecule has 0 spiro atoms. The summed E-state index contributed by atoms with van der Waals surface area (Å²) < 4.78 is 18.8. The molecule has 1 atom stereocenters. The Hall–Kier alpha value is -2.11. The fourth-order valence-electron chi connectivity index (χ4n) is 3.48. The molecule has 2 N–H and O–H groups in total. The van der Waals surface area contributed by atoms with Crippen molar-refractivity contribution in [3.8, 4) is 5.75 Å². The van der Waals surface area contributed by atoms with Gasteiger partial charge < -0.3 is 19.6 Å². The Labute approximate surface area is 154 Å². The average molecular weight is 359 g/mol. The zero-order valence-electron chi connectivity index (χ0n) is 15.5. The largest absolute Gasteiger partial charge is 0.490 e. The highest BCUT2D eigenvalue weighted by Gasteiger charge is 2.23. The normalized spacial score (nSPS) is 16.5. The second-order valence-electron chi connectivity index (χ2n) is 7.15. The second kappa shape index (κ2) is 8.52. The van der Waals surface area contributed by atoms with E-state index in [0.29, 0.717) is 13.2 Å². The number of halogens is 1. The molecule has 4 nitrogen and oxygen atoms in total. The minimum Gasteiger partial charge on any atom is -0.490 e. The van der Waals surface area contributed by atoms with E-state index in [1.165, 1.54) is 22.6 Å². The van der Waals surface area contributed by atoms with Crippen LogP contribution >= 0.6 is 0 Å². The Morgan fingerprint density at radius 3 is 2.46 bits per heavy atom. The van der Waals surface area contributed by atoms with Gasteiger partial charge in [0.15, 0.2) is 0 Å². The van der Waals surface area contributed by atoms with Crippen LogP contribution in [0.2, 0.25) is 0 Å². The maximum Gasteiger partial charge on any atom is 0.137 e. The fourth-order valence-corrected chi connectivity index (χ4v) is 3.48. The minimum atomic E-state index is -0.483. The van der Waals surface area contributed by atoms with Crippen molar-refractivity contribution in [3.05, 3.63) is 59.4 Å². The highest BCUT2D eigenvalue weighted by Crippen LogP contribution is 2.18. The molecule has 0 unspecified atom stereocenters. The van der Waals surface area contributed by atoms with Gasteiger partial charge in [0.1, 0.15) is 30.8 Å². The Balaban J connectivity index is 1.43. The summed E-state index contributed by atoms with van der Waals surface area (Å²) in [5, 5.41) is 10.3. The third-order valence-electron chi connectivity index (χ3n) is 4.95. The molecular formula is C21H28FN2O2+. The van der Waals surface area contributed by atoms with Crippen molar-refractivity contribution in [1.82, 2.24) is 0 Å². The number of quaternary nitrogens is 1. The van der Waals surface area contributed by atoms with Gasteiger partial charge in [-0.05, 0) is 49.7 Å². The van der Waals surface area contributed by atoms with E-state index in [4.69, 9.17) is 4.74 Å². The molecule has 2 aromatic rings. The molecule has 1 saturated heterocycles. The Kier molecular flexibility index (Phi) is 6.12. The van der Waals surface area contributed by atoms with Gasteiger partial charge >= 0.3 is 0 Å². The molecule has 0 aromatic heterocycles. The summed E-state index contributed by atoms with van der Waals surface area (Å²) in [6, 6.07) is 12.7. The summed E-state index contributed by atoms with van der Waals surface area (Å²) in [7, 11) is 0. The SMILES string of the molecule is Cc1ccc(OC[C@@H](O)C[NH+]2CCN(c3ccc(F)cc3)CC2)c(C)c1. The lowest BCUT2D eigenvalue weighted by molar-refractivity contribution is -0.903. The van der Waals surface area contributed by atoms with E-state index in [9.17, 15) is 9.50 Å². The van der Waals surface area contributed by atoms with Crippen molar-refractivity contribution >= 4 is 5.69 Å². The van der Waals surface area contributed by atoms with E-state index in [2.05, 4.69) is 17.9 Å². The number of benzene rings is 2. The smallest absolute Gasteiger partial charge is 0.137 e. The summed E-state index contributed by atoms with van der Waals surface area (Å²) in [6.07, 6.45) is -0.483. The maximum atomic E-state index is 13.0. The van der Waals surface area contributed by atoms with Crippen LogP contribution in [-0.4, -0.2) is 50.5 Å². The molecule has 1 aliphatic heterocycles. The Bertz CT molecular complexity index is 712. The van der Waals surface area contributed by atoms with Crippen LogP contribution in [0, 0.1) is 19.7 Å². The van der Waals surface area contributed by atoms with Crippen molar-refractivity contribution in [1.29, 1.82) is 0 Å². The summed E-state index contributed by atoms with van der Waals surface area (Å²) in [6.45, 7) is 8.81. The molecule has 1 fully saturated rings. The summed E-state index contributed by atoms with van der Waals surface area (Å²) in [5.74, 6) is 0.635. The second-order valence-corrected chi connectivity index (χ2v) is 7.15. The van der Waals surface area contributed by atoms with E-state index in [1.54, 1.807) is 0 Å². The molecule has 2 aromatic carbocycles. The summed E-state index contributed by atoms with van der Waals surface area (Å²) in [5.41, 5.74) is 3.36. The molecule has 1 aliphatic rings. The standard InChI is InChI=1S/C21H27FN2O2/c1-16-3-8-21(17(2)13-16)26-15-20(25)14-23-9-11-24(12-10-23)19-6-4-18(22)5-7-19/h3-8,13,20,25H,9-12,14-15H2,1-2H3/p+1/t20-/m0/s1. The number of nitrogens with zero attached hydrogens (tertiary/aromatic N) is 1. The van der Waals surface area contributed by atoms with Crippen LogP contribution < -0.4 is 14.5 Å². The molecule has 140 valence electrons. The Morgan fingerprint density at radius 2 is 1.81 bits per heavy atom. The molecule has 0 amide bonds. The zero-order chi connectivity index (χ0) is 18.5. The number of rotatable bonds is 6. The number of anilines is 1. The molecule has 1 heterocycles. The molecule has 0 aliphatic carbocycles. The number of aliphatic hydroxyl groups is 1. The van der Waals surface area contributed by atoms with E-state index < -0.39 is 6.10 Å². The number of hydrogen-bond donors (Lipinski definition) is 2. The molecule has 5 heteroatoms. The molecule has 26 heavy (non-hydrogen) atoms. The first-order chi connectivity index (χ1) is 12.5. The maximum absolute atomic E-state index is 13.0. The van der Waals surface area contributed by atoms with Gasteiger partial charge in [0.05, 0.1) is 26.2 Å². The number of aliphatic hydroxyl groups excluding tert-OH is 1. The molecule has 0 bridgehead atoms. The highest BCUT2D eigenvalue weighted by molar-refractivity contribution is 5.46. The minimum absolute atomic E-state index is 0.204. The highest BCUT2D eigenvalue weighted by atomic mass is 19.1. The number of piperazine rings is 1. The van der Waals surface area contributed by atoms with Crippen molar-refractivity contribution in [2.24, 2.45) is 0 Å². The van der Waals surface area contributed by atoms with Crippen molar-refractivity contribution < 1.29 is 19.1 Å². The van der Waals surface area contributed by atoms with Gasteiger partial charge in [-0.1, -0.05) is 17.7 Å². The average Bonchev–Trinajstić information content (AvgIpc) is 2.62. The number of nitrogens with one attached hydrogen (secondary N) is 1. The first-order valence-corrected chi connectivity index (χ1v) is 9.23. The molecule has 0 radical (unpaired) electrons. The van der Waals surface area contributed by atoms with E-state index >= 15 is 0 Å².